The first-order valence-electron chi connectivity index (χ1n) is 6.14. The van der Waals surface area contributed by atoms with Crippen LogP contribution in [0.15, 0.2) is 18.6 Å². The van der Waals surface area contributed by atoms with Crippen molar-refractivity contribution in [3.63, 3.8) is 0 Å². The van der Waals surface area contributed by atoms with Crippen LogP contribution in [-0.2, 0) is 6.42 Å². The average Bonchev–Trinajstić information content (AvgIpc) is 2.42. The van der Waals surface area contributed by atoms with Gasteiger partial charge in [-0.25, -0.2) is 15.0 Å². The molecule has 5 nitrogen and oxygen atoms in total. The summed E-state index contributed by atoms with van der Waals surface area (Å²) in [6.07, 6.45) is 5.85. The molecule has 0 aliphatic carbocycles. The van der Waals surface area contributed by atoms with Crippen molar-refractivity contribution >= 4 is 5.82 Å². The number of anilines is 1. The molecule has 94 valence electrons. The van der Waals surface area contributed by atoms with Gasteiger partial charge in [0.25, 0.3) is 0 Å². The van der Waals surface area contributed by atoms with Crippen molar-refractivity contribution in [1.82, 2.24) is 19.9 Å². The Morgan fingerprint density at radius 3 is 2.61 bits per heavy atom. The maximum absolute atomic E-state index is 4.55. The Morgan fingerprint density at radius 1 is 1.17 bits per heavy atom. The summed E-state index contributed by atoms with van der Waals surface area (Å²) in [4.78, 5) is 17.4. The van der Waals surface area contributed by atoms with E-state index in [0.29, 0.717) is 11.5 Å². The molecule has 0 bridgehead atoms. The summed E-state index contributed by atoms with van der Waals surface area (Å²) >= 11 is 0. The quantitative estimate of drug-likeness (QED) is 0.892. The van der Waals surface area contributed by atoms with Crippen molar-refractivity contribution in [3.8, 4) is 11.5 Å². The van der Waals surface area contributed by atoms with Gasteiger partial charge in [-0.2, -0.15) is 0 Å². The van der Waals surface area contributed by atoms with E-state index >= 15 is 0 Å². The van der Waals surface area contributed by atoms with Gasteiger partial charge in [0.15, 0.2) is 5.82 Å². The molecule has 0 saturated carbocycles. The Balaban J connectivity index is 2.52. The summed E-state index contributed by atoms with van der Waals surface area (Å²) in [5, 5.41) is 3.26. The minimum Gasteiger partial charge on any atom is -0.370 e. The molecule has 0 amide bonds. The van der Waals surface area contributed by atoms with Crippen LogP contribution in [0.25, 0.3) is 11.5 Å². The number of aromatic nitrogens is 4. The predicted molar refractivity (Wildman–Crippen MR) is 71.3 cm³/mol. The van der Waals surface area contributed by atoms with Crippen LogP contribution in [0.5, 0.6) is 0 Å². The number of hydrogen-bond acceptors (Lipinski definition) is 5. The zero-order valence-electron chi connectivity index (χ0n) is 10.9. The summed E-state index contributed by atoms with van der Waals surface area (Å²) in [6, 6.07) is 0. The molecule has 18 heavy (non-hydrogen) atoms. The van der Waals surface area contributed by atoms with Gasteiger partial charge < -0.3 is 5.32 Å². The second kappa shape index (κ2) is 5.53. The SMILES string of the molecule is CCNc1nc(-c2cnccn2)nc(CC)c1C. The van der Waals surface area contributed by atoms with E-state index in [1.807, 2.05) is 6.92 Å². The van der Waals surface area contributed by atoms with E-state index < -0.39 is 0 Å². The first-order chi connectivity index (χ1) is 8.76. The first kappa shape index (κ1) is 12.4. The lowest BCUT2D eigenvalue weighted by molar-refractivity contribution is 0.962. The number of nitrogens with zero attached hydrogens (tertiary/aromatic N) is 4. The highest BCUT2D eigenvalue weighted by molar-refractivity contribution is 5.55. The molecule has 0 fully saturated rings. The van der Waals surface area contributed by atoms with E-state index in [1.54, 1.807) is 18.6 Å². The fraction of sp³-hybridized carbons (Fsp3) is 0.385. The van der Waals surface area contributed by atoms with Crippen molar-refractivity contribution in [2.45, 2.75) is 27.2 Å². The molecule has 5 heteroatoms. The topological polar surface area (TPSA) is 63.6 Å². The van der Waals surface area contributed by atoms with Crippen molar-refractivity contribution in [2.75, 3.05) is 11.9 Å². The van der Waals surface area contributed by atoms with Gasteiger partial charge in [0.1, 0.15) is 11.5 Å². The van der Waals surface area contributed by atoms with Gasteiger partial charge in [0, 0.05) is 30.2 Å². The van der Waals surface area contributed by atoms with Gasteiger partial charge in [-0.15, -0.1) is 0 Å². The van der Waals surface area contributed by atoms with Crippen LogP contribution in [-0.4, -0.2) is 26.5 Å². The largest absolute Gasteiger partial charge is 0.370 e. The predicted octanol–water partition coefficient (Wildman–Crippen LogP) is 2.24. The molecule has 2 aromatic rings. The van der Waals surface area contributed by atoms with Crippen molar-refractivity contribution in [3.05, 3.63) is 29.8 Å². The first-order valence-corrected chi connectivity index (χ1v) is 6.14. The van der Waals surface area contributed by atoms with Crippen molar-refractivity contribution in [1.29, 1.82) is 0 Å². The summed E-state index contributed by atoms with van der Waals surface area (Å²) in [5.41, 5.74) is 2.85. The maximum Gasteiger partial charge on any atom is 0.182 e. The lowest BCUT2D eigenvalue weighted by Gasteiger charge is -2.11. The van der Waals surface area contributed by atoms with E-state index in [1.165, 1.54) is 0 Å². The molecule has 0 atom stereocenters. The lowest BCUT2D eigenvalue weighted by atomic mass is 10.2. The molecule has 0 radical (unpaired) electrons. The lowest BCUT2D eigenvalue weighted by Crippen LogP contribution is -2.08. The highest BCUT2D eigenvalue weighted by Crippen LogP contribution is 2.20. The Hall–Kier alpha value is -2.04. The van der Waals surface area contributed by atoms with Crippen molar-refractivity contribution in [2.24, 2.45) is 0 Å². The third-order valence-corrected chi connectivity index (χ3v) is 2.72. The smallest absolute Gasteiger partial charge is 0.182 e. The van der Waals surface area contributed by atoms with Gasteiger partial charge in [0.2, 0.25) is 0 Å². The van der Waals surface area contributed by atoms with Crippen LogP contribution in [0.2, 0.25) is 0 Å². The van der Waals surface area contributed by atoms with E-state index in [-0.39, 0.29) is 0 Å². The van der Waals surface area contributed by atoms with Gasteiger partial charge in [-0.1, -0.05) is 6.92 Å². The molecule has 0 aromatic carbocycles. The molecule has 0 unspecified atom stereocenters. The molecule has 0 aliphatic rings. The molecule has 1 N–H and O–H groups in total. The Kier molecular flexibility index (Phi) is 3.82. The Bertz CT molecular complexity index is 524. The normalized spacial score (nSPS) is 10.4. The van der Waals surface area contributed by atoms with Gasteiger partial charge in [0.05, 0.1) is 6.20 Å². The van der Waals surface area contributed by atoms with Crippen LogP contribution in [0.3, 0.4) is 0 Å². The summed E-state index contributed by atoms with van der Waals surface area (Å²) in [7, 11) is 0. The molecular formula is C13H17N5. The number of aryl methyl sites for hydroxylation is 1. The fourth-order valence-corrected chi connectivity index (χ4v) is 1.78. The molecule has 0 saturated heterocycles. The van der Waals surface area contributed by atoms with E-state index in [9.17, 15) is 0 Å². The van der Waals surface area contributed by atoms with E-state index in [2.05, 4.69) is 39.1 Å². The highest BCUT2D eigenvalue weighted by Gasteiger charge is 2.11. The Morgan fingerprint density at radius 2 is 2.00 bits per heavy atom. The summed E-state index contributed by atoms with van der Waals surface area (Å²) in [6.45, 7) is 7.01. The third kappa shape index (κ3) is 2.45. The van der Waals surface area contributed by atoms with E-state index in [4.69, 9.17) is 0 Å². The Labute approximate surface area is 107 Å². The van der Waals surface area contributed by atoms with Gasteiger partial charge >= 0.3 is 0 Å². The maximum atomic E-state index is 4.55. The monoisotopic (exact) mass is 243 g/mol. The van der Waals surface area contributed by atoms with Gasteiger partial charge in [-0.05, 0) is 20.3 Å². The van der Waals surface area contributed by atoms with Crippen LogP contribution in [0.4, 0.5) is 5.82 Å². The minimum atomic E-state index is 0.626. The zero-order chi connectivity index (χ0) is 13.0. The summed E-state index contributed by atoms with van der Waals surface area (Å²) in [5.74, 6) is 1.51. The second-order valence-corrected chi connectivity index (χ2v) is 3.94. The standard InChI is InChI=1S/C13H17N5/c1-4-10-9(3)12(15-5-2)18-13(17-10)11-8-14-6-7-16-11/h6-8H,4-5H2,1-3H3,(H,15,17,18). The van der Waals surface area contributed by atoms with Crippen LogP contribution in [0.1, 0.15) is 25.1 Å². The number of hydrogen-bond donors (Lipinski definition) is 1. The number of rotatable bonds is 4. The van der Waals surface area contributed by atoms with E-state index in [0.717, 1.165) is 30.0 Å². The molecule has 2 heterocycles. The summed E-state index contributed by atoms with van der Waals surface area (Å²) < 4.78 is 0. The molecule has 2 aromatic heterocycles. The molecule has 0 spiro atoms. The minimum absolute atomic E-state index is 0.626. The second-order valence-electron chi connectivity index (χ2n) is 3.94. The van der Waals surface area contributed by atoms with Crippen LogP contribution in [0, 0.1) is 6.92 Å². The average molecular weight is 243 g/mol. The highest BCUT2D eigenvalue weighted by atomic mass is 15.0. The third-order valence-electron chi connectivity index (χ3n) is 2.72. The fourth-order valence-electron chi connectivity index (χ4n) is 1.78. The van der Waals surface area contributed by atoms with Crippen LogP contribution >= 0.6 is 0 Å². The van der Waals surface area contributed by atoms with Crippen molar-refractivity contribution < 1.29 is 0 Å². The number of nitrogens with one attached hydrogen (secondary N) is 1. The van der Waals surface area contributed by atoms with Gasteiger partial charge in [-0.3, -0.25) is 4.98 Å². The van der Waals surface area contributed by atoms with Crippen LogP contribution < -0.4 is 5.32 Å². The molecule has 0 aliphatic heterocycles. The zero-order valence-corrected chi connectivity index (χ0v) is 10.9. The molecular weight excluding hydrogens is 226 g/mol. The molecule has 2 rings (SSSR count).